The first-order valence-electron chi connectivity index (χ1n) is 5.65. The van der Waals surface area contributed by atoms with Gasteiger partial charge in [-0.15, -0.1) is 0 Å². The van der Waals surface area contributed by atoms with E-state index in [4.69, 9.17) is 9.15 Å². The molecule has 0 aliphatic heterocycles. The molecule has 0 aliphatic carbocycles. The topological polar surface area (TPSA) is 87.1 Å². The normalized spacial score (nSPS) is 10.7. The van der Waals surface area contributed by atoms with E-state index >= 15 is 0 Å². The Hall–Kier alpha value is -2.83. The number of nitrogens with zero attached hydrogens (tertiary/aromatic N) is 2. The van der Waals surface area contributed by atoms with E-state index in [1.54, 1.807) is 24.3 Å². The Morgan fingerprint density at radius 1 is 1.30 bits per heavy atom. The van der Waals surface area contributed by atoms with Gasteiger partial charge in [0, 0.05) is 0 Å². The van der Waals surface area contributed by atoms with Gasteiger partial charge in [0.1, 0.15) is 30.6 Å². The summed E-state index contributed by atoms with van der Waals surface area (Å²) >= 11 is 0. The van der Waals surface area contributed by atoms with Crippen LogP contribution in [-0.2, 0) is 4.84 Å². The molecule has 2 aromatic rings. The highest BCUT2D eigenvalue weighted by molar-refractivity contribution is 5.78. The molecule has 2 rings (SSSR count). The summed E-state index contributed by atoms with van der Waals surface area (Å²) in [4.78, 5) is 15.2. The third kappa shape index (κ3) is 2.77. The second-order valence-electron chi connectivity index (χ2n) is 3.76. The lowest BCUT2D eigenvalue weighted by atomic mass is 10.1. The van der Waals surface area contributed by atoms with Crippen LogP contribution >= 0.6 is 0 Å². The lowest BCUT2D eigenvalue weighted by Gasteiger charge is -2.03. The van der Waals surface area contributed by atoms with E-state index in [1.807, 2.05) is 0 Å². The van der Waals surface area contributed by atoms with E-state index < -0.39 is 4.92 Å². The molecule has 0 bridgehead atoms. The third-order valence-corrected chi connectivity index (χ3v) is 2.58. The van der Waals surface area contributed by atoms with E-state index in [-0.39, 0.29) is 5.69 Å². The summed E-state index contributed by atoms with van der Waals surface area (Å²) < 4.78 is 10.4. The van der Waals surface area contributed by atoms with E-state index in [1.165, 1.54) is 26.5 Å². The predicted molar refractivity (Wildman–Crippen MR) is 72.0 cm³/mol. The molecule has 7 heteroatoms. The summed E-state index contributed by atoms with van der Waals surface area (Å²) in [5.74, 6) is 1.22. The van der Waals surface area contributed by atoms with Gasteiger partial charge in [-0.1, -0.05) is 5.16 Å². The highest BCUT2D eigenvalue weighted by Gasteiger charge is 2.19. The zero-order chi connectivity index (χ0) is 14.5. The smallest absolute Gasteiger partial charge is 0.284 e. The number of nitro groups is 1. The van der Waals surface area contributed by atoms with Crippen LogP contribution in [0.15, 0.2) is 39.9 Å². The molecule has 0 N–H and O–H groups in total. The van der Waals surface area contributed by atoms with Crippen molar-refractivity contribution in [2.24, 2.45) is 5.16 Å². The van der Waals surface area contributed by atoms with Crippen LogP contribution in [0, 0.1) is 10.1 Å². The SMILES string of the molecule is CO/N=C/c1ccc(-c2ccc(OC)cc2[N+](=O)[O-])o1. The number of oxime groups is 1. The number of hydrogen-bond acceptors (Lipinski definition) is 6. The van der Waals surface area contributed by atoms with Crippen LogP contribution in [-0.4, -0.2) is 25.4 Å². The zero-order valence-corrected chi connectivity index (χ0v) is 10.9. The Morgan fingerprint density at radius 3 is 2.75 bits per heavy atom. The molecule has 104 valence electrons. The maximum atomic E-state index is 11.1. The van der Waals surface area contributed by atoms with Crippen LogP contribution < -0.4 is 4.74 Å². The highest BCUT2D eigenvalue weighted by atomic mass is 16.6. The quantitative estimate of drug-likeness (QED) is 0.476. The first-order valence-corrected chi connectivity index (χ1v) is 5.65. The Kier molecular flexibility index (Phi) is 3.99. The summed E-state index contributed by atoms with van der Waals surface area (Å²) in [6.07, 6.45) is 1.37. The van der Waals surface area contributed by atoms with E-state index in [0.717, 1.165) is 0 Å². The maximum Gasteiger partial charge on any atom is 0.284 e. The molecular formula is C13H12N2O5. The molecule has 0 fully saturated rings. The van der Waals surface area contributed by atoms with Crippen molar-refractivity contribution in [3.63, 3.8) is 0 Å². The van der Waals surface area contributed by atoms with Gasteiger partial charge in [0.05, 0.1) is 23.7 Å². The fraction of sp³-hybridized carbons (Fsp3) is 0.154. The van der Waals surface area contributed by atoms with Crippen LogP contribution in [0.3, 0.4) is 0 Å². The molecule has 1 aromatic carbocycles. The third-order valence-electron chi connectivity index (χ3n) is 2.58. The van der Waals surface area contributed by atoms with Crippen LogP contribution in [0.25, 0.3) is 11.3 Å². The first kappa shape index (κ1) is 13.6. The Labute approximate surface area is 114 Å². The minimum atomic E-state index is -0.483. The minimum Gasteiger partial charge on any atom is -0.497 e. The number of benzene rings is 1. The van der Waals surface area contributed by atoms with Gasteiger partial charge in [-0.25, -0.2) is 0 Å². The number of ether oxygens (including phenoxy) is 1. The van der Waals surface area contributed by atoms with Gasteiger partial charge in [-0.05, 0) is 24.3 Å². The molecule has 0 radical (unpaired) electrons. The summed E-state index contributed by atoms with van der Waals surface area (Å²) in [6.45, 7) is 0. The highest BCUT2D eigenvalue weighted by Crippen LogP contribution is 2.33. The average Bonchev–Trinajstić information content (AvgIpc) is 2.93. The number of hydrogen-bond donors (Lipinski definition) is 0. The molecule has 0 unspecified atom stereocenters. The van der Waals surface area contributed by atoms with Crippen LogP contribution in [0.4, 0.5) is 5.69 Å². The summed E-state index contributed by atoms with van der Waals surface area (Å²) in [5.41, 5.74) is 0.279. The fourth-order valence-corrected chi connectivity index (χ4v) is 1.67. The Bertz CT molecular complexity index is 648. The van der Waals surface area contributed by atoms with E-state index in [2.05, 4.69) is 9.99 Å². The summed E-state index contributed by atoms with van der Waals surface area (Å²) in [5, 5.41) is 14.7. The van der Waals surface area contributed by atoms with Crippen molar-refractivity contribution < 1.29 is 18.9 Å². The van der Waals surface area contributed by atoms with Crippen LogP contribution in [0.2, 0.25) is 0 Å². The van der Waals surface area contributed by atoms with Gasteiger partial charge in [-0.2, -0.15) is 0 Å². The summed E-state index contributed by atoms with van der Waals surface area (Å²) in [6, 6.07) is 7.83. The number of rotatable bonds is 5. The molecule has 0 saturated carbocycles. The predicted octanol–water partition coefficient (Wildman–Crippen LogP) is 2.84. The molecular weight excluding hydrogens is 264 g/mol. The molecule has 20 heavy (non-hydrogen) atoms. The van der Waals surface area contributed by atoms with Gasteiger partial charge >= 0.3 is 0 Å². The van der Waals surface area contributed by atoms with Gasteiger partial charge in [0.15, 0.2) is 0 Å². The second-order valence-corrected chi connectivity index (χ2v) is 3.76. The van der Waals surface area contributed by atoms with Crippen LogP contribution in [0.1, 0.15) is 5.76 Å². The number of methoxy groups -OCH3 is 1. The summed E-state index contributed by atoms with van der Waals surface area (Å²) in [7, 11) is 2.86. The number of nitro benzene ring substituents is 1. The van der Waals surface area contributed by atoms with Crippen molar-refractivity contribution in [3.8, 4) is 17.1 Å². The molecule has 0 amide bonds. The van der Waals surface area contributed by atoms with Crippen molar-refractivity contribution in [1.82, 2.24) is 0 Å². The van der Waals surface area contributed by atoms with E-state index in [0.29, 0.717) is 22.8 Å². The lowest BCUT2D eigenvalue weighted by Crippen LogP contribution is -1.93. The first-order chi connectivity index (χ1) is 9.65. The molecule has 0 aliphatic rings. The molecule has 1 heterocycles. The Balaban J connectivity index is 2.43. The van der Waals surface area contributed by atoms with Crippen molar-refractivity contribution >= 4 is 11.9 Å². The van der Waals surface area contributed by atoms with Gasteiger partial charge in [0.25, 0.3) is 5.69 Å². The van der Waals surface area contributed by atoms with E-state index in [9.17, 15) is 10.1 Å². The van der Waals surface area contributed by atoms with Gasteiger partial charge in [-0.3, -0.25) is 10.1 Å². The lowest BCUT2D eigenvalue weighted by molar-refractivity contribution is -0.384. The molecule has 1 aromatic heterocycles. The standard InChI is InChI=1S/C13H12N2O5/c1-18-9-3-5-11(12(7-9)15(16)17)13-6-4-10(20-13)8-14-19-2/h3-8H,1-2H3/b14-8+. The Morgan fingerprint density at radius 2 is 2.10 bits per heavy atom. The van der Waals surface area contributed by atoms with Crippen LogP contribution in [0.5, 0.6) is 5.75 Å². The minimum absolute atomic E-state index is 0.0890. The maximum absolute atomic E-state index is 11.1. The van der Waals surface area contributed by atoms with Crippen molar-refractivity contribution in [2.75, 3.05) is 14.2 Å². The van der Waals surface area contributed by atoms with Crippen molar-refractivity contribution in [2.45, 2.75) is 0 Å². The largest absolute Gasteiger partial charge is 0.497 e. The molecule has 0 atom stereocenters. The molecule has 7 nitrogen and oxygen atoms in total. The second kappa shape index (κ2) is 5.87. The molecule has 0 spiro atoms. The molecule has 0 saturated heterocycles. The monoisotopic (exact) mass is 276 g/mol. The van der Waals surface area contributed by atoms with Crippen molar-refractivity contribution in [1.29, 1.82) is 0 Å². The van der Waals surface area contributed by atoms with Gasteiger partial charge in [0.2, 0.25) is 0 Å². The van der Waals surface area contributed by atoms with Gasteiger partial charge < -0.3 is 14.0 Å². The average molecular weight is 276 g/mol. The number of furan rings is 1. The van der Waals surface area contributed by atoms with Crippen molar-refractivity contribution in [3.05, 3.63) is 46.2 Å². The fourth-order valence-electron chi connectivity index (χ4n) is 1.67. The zero-order valence-electron chi connectivity index (χ0n) is 10.9.